The average molecular weight is 237 g/mol. The average Bonchev–Trinajstić information content (AvgIpc) is 2.76. The summed E-state index contributed by atoms with van der Waals surface area (Å²) >= 11 is 0. The van der Waals surface area contributed by atoms with E-state index >= 15 is 0 Å². The van der Waals surface area contributed by atoms with Gasteiger partial charge in [-0.1, -0.05) is 30.3 Å². The van der Waals surface area contributed by atoms with Crippen LogP contribution < -0.4 is 5.73 Å². The van der Waals surface area contributed by atoms with Crippen molar-refractivity contribution in [1.82, 2.24) is 9.38 Å². The number of nitrogens with zero attached hydrogens (tertiary/aromatic N) is 2. The van der Waals surface area contributed by atoms with Gasteiger partial charge in [-0.3, -0.25) is 4.40 Å². The zero-order valence-corrected chi connectivity index (χ0v) is 10.3. The van der Waals surface area contributed by atoms with E-state index in [4.69, 9.17) is 5.73 Å². The third-order valence-corrected chi connectivity index (χ3v) is 3.21. The molecule has 3 heteroatoms. The maximum Gasteiger partial charge on any atom is 0.138 e. The molecule has 3 nitrogen and oxygen atoms in total. The Bertz CT molecular complexity index is 698. The molecule has 0 fully saturated rings. The van der Waals surface area contributed by atoms with Crippen LogP contribution in [-0.2, 0) is 6.42 Å². The molecule has 2 heterocycles. The molecular formula is C15H15N3. The van der Waals surface area contributed by atoms with E-state index in [9.17, 15) is 0 Å². The van der Waals surface area contributed by atoms with E-state index < -0.39 is 0 Å². The molecule has 18 heavy (non-hydrogen) atoms. The molecule has 2 N–H and O–H groups in total. The van der Waals surface area contributed by atoms with Gasteiger partial charge >= 0.3 is 0 Å². The zero-order chi connectivity index (χ0) is 12.5. The third-order valence-electron chi connectivity index (χ3n) is 3.21. The highest BCUT2D eigenvalue weighted by Gasteiger charge is 2.05. The van der Waals surface area contributed by atoms with Gasteiger partial charge in [0.15, 0.2) is 0 Å². The minimum atomic E-state index is 0.719. The van der Waals surface area contributed by atoms with Gasteiger partial charge in [-0.05, 0) is 30.2 Å². The van der Waals surface area contributed by atoms with Gasteiger partial charge in [-0.15, -0.1) is 0 Å². The number of pyridine rings is 1. The standard InChI is InChI=1S/C15H15N3/c1-11-5-2-3-6-12(11)9-13-10-18-14(16)7-4-8-15(18)17-13/h2-8,10H,9,16H2,1H3. The molecule has 0 atom stereocenters. The Labute approximate surface area is 106 Å². The highest BCUT2D eigenvalue weighted by atomic mass is 15.0. The smallest absolute Gasteiger partial charge is 0.138 e. The molecule has 0 spiro atoms. The van der Waals surface area contributed by atoms with E-state index in [0.29, 0.717) is 0 Å². The Hall–Kier alpha value is -2.29. The molecule has 3 rings (SSSR count). The van der Waals surface area contributed by atoms with Crippen LogP contribution in [0.1, 0.15) is 16.8 Å². The molecule has 90 valence electrons. The van der Waals surface area contributed by atoms with Crippen molar-refractivity contribution >= 4 is 11.5 Å². The molecule has 1 aromatic carbocycles. The predicted molar refractivity (Wildman–Crippen MR) is 73.6 cm³/mol. The van der Waals surface area contributed by atoms with Gasteiger partial charge < -0.3 is 5.73 Å². The zero-order valence-electron chi connectivity index (χ0n) is 10.3. The summed E-state index contributed by atoms with van der Waals surface area (Å²) in [6.45, 7) is 2.12. The minimum absolute atomic E-state index is 0.719. The van der Waals surface area contributed by atoms with Gasteiger partial charge in [-0.25, -0.2) is 4.98 Å². The summed E-state index contributed by atoms with van der Waals surface area (Å²) in [6, 6.07) is 14.2. The lowest BCUT2D eigenvalue weighted by Crippen LogP contribution is -1.94. The molecule has 0 unspecified atom stereocenters. The van der Waals surface area contributed by atoms with Crippen molar-refractivity contribution in [2.45, 2.75) is 13.3 Å². The van der Waals surface area contributed by atoms with Crippen molar-refractivity contribution in [2.75, 3.05) is 5.73 Å². The summed E-state index contributed by atoms with van der Waals surface area (Å²) in [7, 11) is 0. The van der Waals surface area contributed by atoms with E-state index in [-0.39, 0.29) is 0 Å². The molecule has 0 bridgehead atoms. The summed E-state index contributed by atoms with van der Waals surface area (Å²) in [6.07, 6.45) is 2.85. The van der Waals surface area contributed by atoms with Crippen LogP contribution in [0.2, 0.25) is 0 Å². The van der Waals surface area contributed by atoms with E-state index in [1.54, 1.807) is 0 Å². The van der Waals surface area contributed by atoms with Gasteiger partial charge in [0.25, 0.3) is 0 Å². The van der Waals surface area contributed by atoms with Crippen molar-refractivity contribution in [3.8, 4) is 0 Å². The van der Waals surface area contributed by atoms with Crippen molar-refractivity contribution in [3.63, 3.8) is 0 Å². The Morgan fingerprint density at radius 1 is 1.11 bits per heavy atom. The molecular weight excluding hydrogens is 222 g/mol. The number of hydrogen-bond acceptors (Lipinski definition) is 2. The van der Waals surface area contributed by atoms with Crippen LogP contribution in [0, 0.1) is 6.92 Å². The highest BCUT2D eigenvalue weighted by Crippen LogP contribution is 2.15. The highest BCUT2D eigenvalue weighted by molar-refractivity contribution is 5.49. The first-order chi connectivity index (χ1) is 8.74. The molecule has 0 saturated carbocycles. The first-order valence-electron chi connectivity index (χ1n) is 6.01. The molecule has 0 saturated heterocycles. The van der Waals surface area contributed by atoms with Crippen LogP contribution in [-0.4, -0.2) is 9.38 Å². The van der Waals surface area contributed by atoms with Crippen LogP contribution in [0.15, 0.2) is 48.7 Å². The van der Waals surface area contributed by atoms with Crippen LogP contribution in [0.4, 0.5) is 5.82 Å². The number of aryl methyl sites for hydroxylation is 1. The fourth-order valence-electron chi connectivity index (χ4n) is 2.17. The molecule has 2 aromatic heterocycles. The van der Waals surface area contributed by atoms with Gasteiger partial charge in [0.2, 0.25) is 0 Å². The lowest BCUT2D eigenvalue weighted by molar-refractivity contribution is 1.09. The second-order valence-electron chi connectivity index (χ2n) is 4.51. The Morgan fingerprint density at radius 2 is 1.94 bits per heavy atom. The number of nitrogens with two attached hydrogens (primary N) is 1. The first kappa shape index (κ1) is 10.8. The van der Waals surface area contributed by atoms with Crippen molar-refractivity contribution in [2.24, 2.45) is 0 Å². The van der Waals surface area contributed by atoms with Crippen LogP contribution in [0.25, 0.3) is 5.65 Å². The summed E-state index contributed by atoms with van der Waals surface area (Å²) in [5.41, 5.74) is 10.5. The molecule has 0 aliphatic heterocycles. The third kappa shape index (κ3) is 1.84. The van der Waals surface area contributed by atoms with E-state index in [1.165, 1.54) is 11.1 Å². The lowest BCUT2D eigenvalue weighted by atomic mass is 10.0. The molecule has 0 radical (unpaired) electrons. The van der Waals surface area contributed by atoms with E-state index in [2.05, 4.69) is 36.2 Å². The second-order valence-corrected chi connectivity index (χ2v) is 4.51. The van der Waals surface area contributed by atoms with Crippen molar-refractivity contribution in [1.29, 1.82) is 0 Å². The van der Waals surface area contributed by atoms with Gasteiger partial charge in [0.1, 0.15) is 11.5 Å². The fraction of sp³-hybridized carbons (Fsp3) is 0.133. The number of nitrogen functional groups attached to an aromatic ring is 1. The Balaban J connectivity index is 2.01. The Kier molecular flexibility index (Phi) is 2.52. The van der Waals surface area contributed by atoms with E-state index in [0.717, 1.165) is 23.6 Å². The van der Waals surface area contributed by atoms with Gasteiger partial charge in [0, 0.05) is 12.6 Å². The van der Waals surface area contributed by atoms with Gasteiger partial charge in [-0.2, -0.15) is 0 Å². The van der Waals surface area contributed by atoms with Crippen molar-refractivity contribution in [3.05, 3.63) is 65.5 Å². The maximum absolute atomic E-state index is 5.92. The molecule has 0 aliphatic rings. The summed E-state index contributed by atoms with van der Waals surface area (Å²) in [5.74, 6) is 0.719. The van der Waals surface area contributed by atoms with Crippen LogP contribution in [0.3, 0.4) is 0 Å². The quantitative estimate of drug-likeness (QED) is 0.744. The molecule has 0 amide bonds. The summed E-state index contributed by atoms with van der Waals surface area (Å²) in [4.78, 5) is 4.59. The van der Waals surface area contributed by atoms with Crippen LogP contribution >= 0.6 is 0 Å². The number of benzene rings is 1. The van der Waals surface area contributed by atoms with Crippen molar-refractivity contribution < 1.29 is 0 Å². The first-order valence-corrected chi connectivity index (χ1v) is 6.01. The molecule has 0 aliphatic carbocycles. The molecule has 3 aromatic rings. The monoisotopic (exact) mass is 237 g/mol. The van der Waals surface area contributed by atoms with E-state index in [1.807, 2.05) is 28.8 Å². The number of aromatic nitrogens is 2. The summed E-state index contributed by atoms with van der Waals surface area (Å²) < 4.78 is 1.92. The van der Waals surface area contributed by atoms with Crippen LogP contribution in [0.5, 0.6) is 0 Å². The number of rotatable bonds is 2. The summed E-state index contributed by atoms with van der Waals surface area (Å²) in [5, 5.41) is 0. The maximum atomic E-state index is 5.92. The Morgan fingerprint density at radius 3 is 2.72 bits per heavy atom. The second kappa shape index (κ2) is 4.18. The van der Waals surface area contributed by atoms with Gasteiger partial charge in [0.05, 0.1) is 5.69 Å². The number of fused-ring (bicyclic) bond motifs is 1. The fourth-order valence-corrected chi connectivity index (χ4v) is 2.17. The normalized spacial score (nSPS) is 10.9. The number of imidazole rings is 1. The lowest BCUT2D eigenvalue weighted by Gasteiger charge is -2.02. The predicted octanol–water partition coefficient (Wildman–Crippen LogP) is 2.82. The SMILES string of the molecule is Cc1ccccc1Cc1cn2c(N)cccc2n1. The number of hydrogen-bond donors (Lipinski definition) is 1. The number of anilines is 1. The topological polar surface area (TPSA) is 43.3 Å². The largest absolute Gasteiger partial charge is 0.385 e. The minimum Gasteiger partial charge on any atom is -0.385 e.